The first kappa shape index (κ1) is 14.7. The van der Waals surface area contributed by atoms with Gasteiger partial charge in [-0.1, -0.05) is 6.42 Å². The molecular weight excluding hydrogens is 253 g/mol. The molecule has 0 saturated carbocycles. The maximum absolute atomic E-state index is 11.4. The molecule has 0 aromatic heterocycles. The van der Waals surface area contributed by atoms with E-state index in [0.29, 0.717) is 17.9 Å². The summed E-state index contributed by atoms with van der Waals surface area (Å²) in [6.07, 6.45) is -1.69. The van der Waals surface area contributed by atoms with Gasteiger partial charge in [-0.2, -0.15) is 13.2 Å². The molecule has 2 atom stereocenters. The Morgan fingerprint density at radius 3 is 2.50 bits per heavy atom. The number of quaternary nitrogens is 1. The molecule has 2 fully saturated rings. The molecule has 3 N–H and O–H groups in total. The van der Waals surface area contributed by atoms with E-state index in [0.717, 1.165) is 19.5 Å². The normalized spacial score (nSPS) is 27.4. The van der Waals surface area contributed by atoms with E-state index in [1.54, 1.807) is 0 Å². The van der Waals surface area contributed by atoms with E-state index in [9.17, 15) is 18.0 Å². The Kier molecular flexibility index (Phi) is 4.94. The van der Waals surface area contributed by atoms with Crippen LogP contribution in [0.2, 0.25) is 0 Å². The second-order valence-electron chi connectivity index (χ2n) is 4.38. The zero-order chi connectivity index (χ0) is 13.8. The third-order valence-electron chi connectivity index (χ3n) is 2.96. The third-order valence-corrected chi connectivity index (χ3v) is 2.96. The van der Waals surface area contributed by atoms with Crippen LogP contribution >= 0.6 is 0 Å². The lowest BCUT2D eigenvalue weighted by Crippen LogP contribution is -2.87. The molecule has 2 rings (SSSR count). The second kappa shape index (κ2) is 6.03. The minimum absolute atomic E-state index is 0.293. The molecule has 104 valence electrons. The van der Waals surface area contributed by atoms with Crippen LogP contribution in [0.1, 0.15) is 19.3 Å². The van der Waals surface area contributed by atoms with Crippen molar-refractivity contribution in [3.05, 3.63) is 0 Å². The maximum Gasteiger partial charge on any atom is 0.430 e. The van der Waals surface area contributed by atoms with E-state index in [1.165, 1.54) is 12.8 Å². The van der Waals surface area contributed by atoms with Crippen molar-refractivity contribution in [1.82, 2.24) is 5.32 Å². The van der Waals surface area contributed by atoms with Gasteiger partial charge in [0, 0.05) is 0 Å². The third kappa shape index (κ3) is 4.52. The van der Waals surface area contributed by atoms with Crippen molar-refractivity contribution >= 4 is 11.9 Å². The fourth-order valence-corrected chi connectivity index (χ4v) is 2.03. The Morgan fingerprint density at radius 1 is 1.33 bits per heavy atom. The summed E-state index contributed by atoms with van der Waals surface area (Å²) in [7, 11) is 0. The van der Waals surface area contributed by atoms with Crippen molar-refractivity contribution in [2.45, 2.75) is 31.5 Å². The molecule has 2 heterocycles. The number of amides is 1. The van der Waals surface area contributed by atoms with Gasteiger partial charge in [0.05, 0.1) is 25.0 Å². The summed E-state index contributed by atoms with van der Waals surface area (Å²) in [5.41, 5.74) is 0. The van der Waals surface area contributed by atoms with Crippen LogP contribution in [0.5, 0.6) is 0 Å². The highest BCUT2D eigenvalue weighted by molar-refractivity contribution is 5.79. The van der Waals surface area contributed by atoms with Gasteiger partial charge in [-0.25, -0.2) is 0 Å². The molecule has 2 saturated heterocycles. The van der Waals surface area contributed by atoms with E-state index >= 15 is 0 Å². The van der Waals surface area contributed by atoms with Crippen LogP contribution in [-0.4, -0.2) is 37.2 Å². The van der Waals surface area contributed by atoms with Crippen LogP contribution in [0.4, 0.5) is 13.2 Å². The number of rotatable bonds is 0. The van der Waals surface area contributed by atoms with Gasteiger partial charge in [-0.05, 0) is 12.8 Å². The summed E-state index contributed by atoms with van der Waals surface area (Å²) in [4.78, 5) is 20.1. The van der Waals surface area contributed by atoms with Gasteiger partial charge < -0.3 is 20.5 Å². The molecule has 8 heteroatoms. The smallest absolute Gasteiger partial charge is 0.430 e. The van der Waals surface area contributed by atoms with Crippen LogP contribution < -0.4 is 15.7 Å². The van der Waals surface area contributed by atoms with E-state index in [-0.39, 0.29) is 0 Å². The van der Waals surface area contributed by atoms with Crippen molar-refractivity contribution in [2.24, 2.45) is 5.92 Å². The lowest BCUT2D eigenvalue weighted by molar-refractivity contribution is -0.659. The number of hydrogen-bond donors (Lipinski definition) is 2. The number of carbonyl (C=O) groups is 2. The number of aliphatic carboxylic acids is 1. The predicted octanol–water partition coefficient (Wildman–Crippen LogP) is -1.85. The average Bonchev–Trinajstić information content (AvgIpc) is 2.47. The number of carboxylic acid groups (broad SMARTS) is 1. The number of hydrogen-bond acceptors (Lipinski definition) is 3. The highest BCUT2D eigenvalue weighted by Crippen LogP contribution is 2.15. The van der Waals surface area contributed by atoms with E-state index in [1.807, 2.05) is 0 Å². The van der Waals surface area contributed by atoms with Gasteiger partial charge in [0.2, 0.25) is 5.91 Å². The molecular formula is C10H15F3N2O3. The molecule has 2 bridgehead atoms. The van der Waals surface area contributed by atoms with Crippen molar-refractivity contribution < 1.29 is 33.2 Å². The topological polar surface area (TPSA) is 85.8 Å². The van der Waals surface area contributed by atoms with E-state index in [4.69, 9.17) is 9.90 Å². The molecule has 0 radical (unpaired) electrons. The van der Waals surface area contributed by atoms with E-state index < -0.39 is 12.1 Å². The summed E-state index contributed by atoms with van der Waals surface area (Å²) in [6, 6.07) is 0.454. The standard InChI is InChI=1S/C8H14N2O.C2HF3O2/c11-8-6-2-1-3-7(10-8)5-9-4-6;3-2(4,5)1(6)7/h6-7,9H,1-5H2,(H,10,11);(H,6,7). The Labute approximate surface area is 102 Å². The summed E-state index contributed by atoms with van der Waals surface area (Å²) >= 11 is 0. The minimum atomic E-state index is -5.19. The Hall–Kier alpha value is -1.31. The number of fused-ring (bicyclic) bond motifs is 3. The first-order valence-electron chi connectivity index (χ1n) is 5.71. The van der Waals surface area contributed by atoms with Crippen molar-refractivity contribution in [3.63, 3.8) is 0 Å². The summed E-state index contributed by atoms with van der Waals surface area (Å²) in [5.74, 6) is -2.42. The van der Waals surface area contributed by atoms with E-state index in [2.05, 4.69) is 10.6 Å². The summed E-state index contributed by atoms with van der Waals surface area (Å²) in [6.45, 7) is 2.09. The average molecular weight is 268 g/mol. The molecule has 5 nitrogen and oxygen atoms in total. The Bertz CT molecular complexity index is 310. The lowest BCUT2D eigenvalue weighted by atomic mass is 10.0. The van der Waals surface area contributed by atoms with Crippen LogP contribution in [-0.2, 0) is 9.59 Å². The zero-order valence-electron chi connectivity index (χ0n) is 9.63. The largest absolute Gasteiger partial charge is 0.542 e. The van der Waals surface area contributed by atoms with Gasteiger partial charge in [-0.15, -0.1) is 0 Å². The van der Waals surface area contributed by atoms with Crippen LogP contribution in [0.3, 0.4) is 0 Å². The van der Waals surface area contributed by atoms with Crippen molar-refractivity contribution in [2.75, 3.05) is 13.1 Å². The summed E-state index contributed by atoms with van der Waals surface area (Å²) in [5, 5.41) is 14.1. The zero-order valence-corrected chi connectivity index (χ0v) is 9.63. The molecule has 2 aliphatic rings. The number of carbonyl (C=O) groups excluding carboxylic acids is 2. The van der Waals surface area contributed by atoms with Gasteiger partial charge in [0.15, 0.2) is 0 Å². The van der Waals surface area contributed by atoms with Crippen LogP contribution in [0, 0.1) is 5.92 Å². The monoisotopic (exact) mass is 268 g/mol. The number of alkyl halides is 3. The molecule has 1 amide bonds. The molecule has 18 heavy (non-hydrogen) atoms. The molecule has 0 aromatic rings. The molecule has 2 unspecified atom stereocenters. The Morgan fingerprint density at radius 2 is 1.94 bits per heavy atom. The van der Waals surface area contributed by atoms with Gasteiger partial charge >= 0.3 is 6.18 Å². The van der Waals surface area contributed by atoms with Gasteiger partial charge in [0.1, 0.15) is 5.97 Å². The van der Waals surface area contributed by atoms with Crippen molar-refractivity contribution in [3.8, 4) is 0 Å². The second-order valence-corrected chi connectivity index (χ2v) is 4.38. The van der Waals surface area contributed by atoms with Gasteiger partial charge in [0.25, 0.3) is 0 Å². The fraction of sp³-hybridized carbons (Fsp3) is 0.800. The molecule has 0 aromatic carbocycles. The van der Waals surface area contributed by atoms with Crippen LogP contribution in [0.15, 0.2) is 0 Å². The highest BCUT2D eigenvalue weighted by Gasteiger charge is 2.30. The molecule has 0 aliphatic carbocycles. The lowest BCUT2D eigenvalue weighted by Gasteiger charge is -2.11. The predicted molar refractivity (Wildman–Crippen MR) is 52.0 cm³/mol. The van der Waals surface area contributed by atoms with Crippen molar-refractivity contribution in [1.29, 1.82) is 0 Å². The number of nitrogens with one attached hydrogen (secondary N) is 1. The SMILES string of the molecule is O=C([O-])C(F)(F)F.O=C1NC2CCCC1C[NH2+]C2. The van der Waals surface area contributed by atoms with Crippen LogP contribution in [0.25, 0.3) is 0 Å². The van der Waals surface area contributed by atoms with Gasteiger partial charge in [-0.3, -0.25) is 4.79 Å². The maximum atomic E-state index is 11.4. The Balaban J connectivity index is 0.000000203. The fourth-order valence-electron chi connectivity index (χ4n) is 2.03. The summed E-state index contributed by atoms with van der Waals surface area (Å²) < 4.78 is 31.5. The molecule has 2 aliphatic heterocycles. The number of nitrogens with two attached hydrogens (primary N) is 1. The number of carboxylic acids is 1. The molecule has 0 spiro atoms. The first-order valence-corrected chi connectivity index (χ1v) is 5.71. The minimum Gasteiger partial charge on any atom is -0.542 e. The number of halogens is 3. The highest BCUT2D eigenvalue weighted by atomic mass is 19.4. The first-order chi connectivity index (χ1) is 8.30. The quantitative estimate of drug-likeness (QED) is 0.540.